The lowest BCUT2D eigenvalue weighted by atomic mass is 9.82. The van der Waals surface area contributed by atoms with Crippen molar-refractivity contribution >= 4 is 0 Å². The first-order chi connectivity index (χ1) is 7.42. The first kappa shape index (κ1) is 11.4. The van der Waals surface area contributed by atoms with Crippen molar-refractivity contribution in [2.75, 3.05) is 19.6 Å². The molecule has 0 spiro atoms. The Bertz CT molecular complexity index is 151. The van der Waals surface area contributed by atoms with Gasteiger partial charge in [-0.05, 0) is 44.7 Å². The Morgan fingerprint density at radius 3 is 2.13 bits per heavy atom. The van der Waals surface area contributed by atoms with Gasteiger partial charge in [0.1, 0.15) is 0 Å². The summed E-state index contributed by atoms with van der Waals surface area (Å²) < 4.78 is 0. The smallest absolute Gasteiger partial charge is 0.0246 e. The van der Waals surface area contributed by atoms with Crippen LogP contribution in [0.2, 0.25) is 0 Å². The zero-order valence-corrected chi connectivity index (χ0v) is 9.96. The molecule has 2 nitrogen and oxygen atoms in total. The minimum atomic E-state index is 0.700. The Morgan fingerprint density at radius 2 is 1.53 bits per heavy atom. The van der Waals surface area contributed by atoms with Crippen LogP contribution in [0.5, 0.6) is 0 Å². The van der Waals surface area contributed by atoms with E-state index in [1.165, 1.54) is 64.5 Å². The maximum Gasteiger partial charge on any atom is 0.0246 e. The van der Waals surface area contributed by atoms with Crippen LogP contribution in [-0.4, -0.2) is 30.6 Å². The van der Waals surface area contributed by atoms with E-state index in [0.29, 0.717) is 6.04 Å². The summed E-state index contributed by atoms with van der Waals surface area (Å²) in [5.74, 6) is 0.904. The standard InChI is InChI=1S/C13H26N2/c14-11-13(12-7-3-1-4-8-12)15-9-5-2-6-10-15/h12-13H,1-11,14H2. The Morgan fingerprint density at radius 1 is 0.933 bits per heavy atom. The molecule has 0 aromatic carbocycles. The van der Waals surface area contributed by atoms with Gasteiger partial charge in [0.15, 0.2) is 0 Å². The highest BCUT2D eigenvalue weighted by atomic mass is 15.2. The molecule has 0 aromatic rings. The average Bonchev–Trinajstić information content (AvgIpc) is 2.33. The maximum atomic E-state index is 5.99. The minimum absolute atomic E-state index is 0.700. The van der Waals surface area contributed by atoms with Crippen molar-refractivity contribution in [3.05, 3.63) is 0 Å². The predicted octanol–water partition coefficient (Wildman–Crippen LogP) is 2.38. The van der Waals surface area contributed by atoms with Gasteiger partial charge in [-0.1, -0.05) is 25.7 Å². The van der Waals surface area contributed by atoms with Gasteiger partial charge in [0.25, 0.3) is 0 Å². The van der Waals surface area contributed by atoms with E-state index >= 15 is 0 Å². The summed E-state index contributed by atoms with van der Waals surface area (Å²) in [6.45, 7) is 3.49. The molecule has 88 valence electrons. The van der Waals surface area contributed by atoms with Gasteiger partial charge in [0.05, 0.1) is 0 Å². The molecule has 1 heterocycles. The molecule has 0 aromatic heterocycles. The van der Waals surface area contributed by atoms with Crippen LogP contribution in [0.3, 0.4) is 0 Å². The number of likely N-dealkylation sites (tertiary alicyclic amines) is 1. The van der Waals surface area contributed by atoms with Crippen LogP contribution in [0.25, 0.3) is 0 Å². The van der Waals surface area contributed by atoms with Crippen molar-refractivity contribution in [3.63, 3.8) is 0 Å². The molecule has 0 bridgehead atoms. The monoisotopic (exact) mass is 210 g/mol. The third kappa shape index (κ3) is 2.94. The highest BCUT2D eigenvalue weighted by Gasteiger charge is 2.28. The molecule has 1 saturated heterocycles. The number of rotatable bonds is 3. The topological polar surface area (TPSA) is 29.3 Å². The van der Waals surface area contributed by atoms with Gasteiger partial charge in [-0.15, -0.1) is 0 Å². The van der Waals surface area contributed by atoms with Gasteiger partial charge < -0.3 is 5.73 Å². The van der Waals surface area contributed by atoms with E-state index in [0.717, 1.165) is 12.5 Å². The van der Waals surface area contributed by atoms with Crippen molar-refractivity contribution < 1.29 is 0 Å². The zero-order valence-electron chi connectivity index (χ0n) is 9.96. The molecule has 15 heavy (non-hydrogen) atoms. The summed E-state index contributed by atoms with van der Waals surface area (Å²) in [4.78, 5) is 2.68. The molecule has 2 aliphatic rings. The van der Waals surface area contributed by atoms with Gasteiger partial charge >= 0.3 is 0 Å². The quantitative estimate of drug-likeness (QED) is 0.775. The van der Waals surface area contributed by atoms with Crippen LogP contribution in [0.1, 0.15) is 51.4 Å². The van der Waals surface area contributed by atoms with Crippen molar-refractivity contribution in [1.82, 2.24) is 4.90 Å². The molecular weight excluding hydrogens is 184 g/mol. The Kier molecular flexibility index (Phi) is 4.45. The lowest BCUT2D eigenvalue weighted by Gasteiger charge is -2.40. The third-order valence-corrected chi connectivity index (χ3v) is 4.30. The van der Waals surface area contributed by atoms with Gasteiger partial charge in [-0.3, -0.25) is 4.90 Å². The fourth-order valence-electron chi connectivity index (χ4n) is 3.41. The van der Waals surface area contributed by atoms with Gasteiger partial charge in [-0.25, -0.2) is 0 Å². The minimum Gasteiger partial charge on any atom is -0.329 e. The van der Waals surface area contributed by atoms with Gasteiger partial charge in [0, 0.05) is 12.6 Å². The lowest BCUT2D eigenvalue weighted by Crippen LogP contribution is -2.48. The largest absolute Gasteiger partial charge is 0.329 e. The van der Waals surface area contributed by atoms with Crippen LogP contribution in [0, 0.1) is 5.92 Å². The molecule has 1 atom stereocenters. The van der Waals surface area contributed by atoms with Gasteiger partial charge in [0.2, 0.25) is 0 Å². The average molecular weight is 210 g/mol. The van der Waals surface area contributed by atoms with E-state index in [1.807, 2.05) is 0 Å². The molecule has 2 heteroatoms. The summed E-state index contributed by atoms with van der Waals surface area (Å²) >= 11 is 0. The molecule has 0 amide bonds. The molecular formula is C13H26N2. The van der Waals surface area contributed by atoms with E-state index in [9.17, 15) is 0 Å². The summed E-state index contributed by atoms with van der Waals surface area (Å²) in [6, 6.07) is 0.700. The number of piperidine rings is 1. The van der Waals surface area contributed by atoms with Crippen LogP contribution in [-0.2, 0) is 0 Å². The predicted molar refractivity (Wildman–Crippen MR) is 64.8 cm³/mol. The Hall–Kier alpha value is -0.0800. The molecule has 1 unspecified atom stereocenters. The second-order valence-electron chi connectivity index (χ2n) is 5.30. The summed E-state index contributed by atoms with van der Waals surface area (Å²) in [5, 5.41) is 0. The maximum absolute atomic E-state index is 5.99. The molecule has 1 aliphatic carbocycles. The van der Waals surface area contributed by atoms with E-state index in [1.54, 1.807) is 0 Å². The highest BCUT2D eigenvalue weighted by molar-refractivity contribution is 4.83. The van der Waals surface area contributed by atoms with Crippen LogP contribution < -0.4 is 5.73 Å². The van der Waals surface area contributed by atoms with Crippen LogP contribution in [0.15, 0.2) is 0 Å². The van der Waals surface area contributed by atoms with Gasteiger partial charge in [-0.2, -0.15) is 0 Å². The van der Waals surface area contributed by atoms with Crippen molar-refractivity contribution in [2.24, 2.45) is 11.7 Å². The molecule has 1 aliphatic heterocycles. The highest BCUT2D eigenvalue weighted by Crippen LogP contribution is 2.29. The second kappa shape index (κ2) is 5.86. The van der Waals surface area contributed by atoms with E-state index in [-0.39, 0.29) is 0 Å². The first-order valence-corrected chi connectivity index (χ1v) is 6.86. The van der Waals surface area contributed by atoms with E-state index < -0.39 is 0 Å². The third-order valence-electron chi connectivity index (χ3n) is 4.30. The summed E-state index contributed by atoms with van der Waals surface area (Å²) in [5.41, 5.74) is 5.99. The van der Waals surface area contributed by atoms with Crippen LogP contribution >= 0.6 is 0 Å². The molecule has 1 saturated carbocycles. The lowest BCUT2D eigenvalue weighted by molar-refractivity contribution is 0.102. The van der Waals surface area contributed by atoms with Crippen molar-refractivity contribution in [1.29, 1.82) is 0 Å². The van der Waals surface area contributed by atoms with Crippen molar-refractivity contribution in [3.8, 4) is 0 Å². The second-order valence-corrected chi connectivity index (χ2v) is 5.30. The summed E-state index contributed by atoms with van der Waals surface area (Å²) in [7, 11) is 0. The fourth-order valence-corrected chi connectivity index (χ4v) is 3.41. The number of nitrogens with zero attached hydrogens (tertiary/aromatic N) is 1. The van der Waals surface area contributed by atoms with Crippen LogP contribution in [0.4, 0.5) is 0 Å². The Labute approximate surface area is 94.2 Å². The first-order valence-electron chi connectivity index (χ1n) is 6.86. The zero-order chi connectivity index (χ0) is 10.5. The van der Waals surface area contributed by atoms with E-state index in [4.69, 9.17) is 5.73 Å². The summed E-state index contributed by atoms with van der Waals surface area (Å²) in [6.07, 6.45) is 11.4. The molecule has 0 radical (unpaired) electrons. The van der Waals surface area contributed by atoms with E-state index in [2.05, 4.69) is 4.90 Å². The fraction of sp³-hybridized carbons (Fsp3) is 1.00. The Balaban J connectivity index is 1.88. The number of hydrogen-bond donors (Lipinski definition) is 1. The SMILES string of the molecule is NCC(C1CCCCC1)N1CCCCC1. The number of nitrogens with two attached hydrogens (primary N) is 1. The number of hydrogen-bond acceptors (Lipinski definition) is 2. The molecule has 2 N–H and O–H groups in total. The molecule has 2 rings (SSSR count). The molecule has 2 fully saturated rings. The van der Waals surface area contributed by atoms with Crippen molar-refractivity contribution in [2.45, 2.75) is 57.4 Å². The normalized spacial score (nSPS) is 27.8.